The first-order valence-corrected chi connectivity index (χ1v) is 8.71. The average Bonchev–Trinajstić information content (AvgIpc) is 3.30. The minimum absolute atomic E-state index is 0.247. The third-order valence-electron chi connectivity index (χ3n) is 2.94. The van der Waals surface area contributed by atoms with E-state index in [9.17, 15) is 9.59 Å². The van der Waals surface area contributed by atoms with Gasteiger partial charge in [-0.15, -0.1) is 22.7 Å². The maximum absolute atomic E-state index is 11.8. The average molecular weight is 356 g/mol. The van der Waals surface area contributed by atoms with Crippen LogP contribution in [0.5, 0.6) is 5.75 Å². The molecule has 0 fully saturated rings. The van der Waals surface area contributed by atoms with E-state index in [0.29, 0.717) is 15.5 Å². The largest absolute Gasteiger partial charge is 0.422 e. The minimum Gasteiger partial charge on any atom is -0.422 e. The Balaban J connectivity index is 1.55. The summed E-state index contributed by atoms with van der Waals surface area (Å²) in [7, 11) is 0. The molecule has 3 rings (SSSR count). The molecule has 0 spiro atoms. The van der Waals surface area contributed by atoms with Gasteiger partial charge in [0.25, 0.3) is 5.91 Å². The molecule has 1 N–H and O–H groups in total. The van der Waals surface area contributed by atoms with Crippen LogP contribution in [0, 0.1) is 0 Å². The SMILES string of the molecule is O=C(N/N=C\c1ccc(OC(=O)c2cccs2)cc1)c1cccs1. The number of hydrogen-bond donors (Lipinski definition) is 1. The van der Waals surface area contributed by atoms with Crippen molar-refractivity contribution in [2.45, 2.75) is 0 Å². The number of nitrogens with one attached hydrogen (secondary N) is 1. The number of nitrogens with zero attached hydrogens (tertiary/aromatic N) is 1. The second-order valence-corrected chi connectivity index (χ2v) is 6.51. The van der Waals surface area contributed by atoms with E-state index in [1.165, 1.54) is 28.9 Å². The molecule has 1 aromatic carbocycles. The highest BCUT2D eigenvalue weighted by atomic mass is 32.1. The van der Waals surface area contributed by atoms with Crippen molar-refractivity contribution in [2.75, 3.05) is 0 Å². The lowest BCUT2D eigenvalue weighted by molar-refractivity contribution is 0.0739. The van der Waals surface area contributed by atoms with Crippen molar-refractivity contribution in [1.82, 2.24) is 5.43 Å². The number of esters is 1. The molecule has 1 amide bonds. The highest BCUT2D eigenvalue weighted by Crippen LogP contribution is 2.16. The fourth-order valence-electron chi connectivity index (χ4n) is 1.80. The van der Waals surface area contributed by atoms with Crippen molar-refractivity contribution < 1.29 is 14.3 Å². The Kier molecular flexibility index (Phi) is 5.15. The predicted octanol–water partition coefficient (Wildman–Crippen LogP) is 3.79. The van der Waals surface area contributed by atoms with Crippen LogP contribution in [-0.2, 0) is 0 Å². The van der Waals surface area contributed by atoms with Crippen LogP contribution in [0.25, 0.3) is 0 Å². The van der Waals surface area contributed by atoms with Crippen LogP contribution in [0.4, 0.5) is 0 Å². The van der Waals surface area contributed by atoms with Gasteiger partial charge in [-0.1, -0.05) is 12.1 Å². The summed E-state index contributed by atoms with van der Waals surface area (Å²) < 4.78 is 5.26. The quantitative estimate of drug-likeness (QED) is 0.327. The Labute approximate surface area is 146 Å². The number of rotatable bonds is 5. The van der Waals surface area contributed by atoms with Gasteiger partial charge in [0.15, 0.2) is 0 Å². The van der Waals surface area contributed by atoms with Crippen LogP contribution < -0.4 is 10.2 Å². The number of ether oxygens (including phenoxy) is 1. The second-order valence-electron chi connectivity index (χ2n) is 4.61. The van der Waals surface area contributed by atoms with Gasteiger partial charge in [-0.3, -0.25) is 4.79 Å². The summed E-state index contributed by atoms with van der Waals surface area (Å²) in [6, 6.07) is 13.9. The summed E-state index contributed by atoms with van der Waals surface area (Å²) in [6.07, 6.45) is 1.52. The molecular formula is C17H12N2O3S2. The van der Waals surface area contributed by atoms with Crippen LogP contribution in [-0.4, -0.2) is 18.1 Å². The maximum atomic E-state index is 11.8. The lowest BCUT2D eigenvalue weighted by atomic mass is 10.2. The van der Waals surface area contributed by atoms with Gasteiger partial charge in [-0.2, -0.15) is 5.10 Å². The normalized spacial score (nSPS) is 10.7. The number of hydrogen-bond acceptors (Lipinski definition) is 6. The van der Waals surface area contributed by atoms with Crippen LogP contribution in [0.3, 0.4) is 0 Å². The van der Waals surface area contributed by atoms with Crippen molar-refractivity contribution in [3.8, 4) is 5.75 Å². The molecule has 0 saturated carbocycles. The Morgan fingerprint density at radius 1 is 0.958 bits per heavy atom. The lowest BCUT2D eigenvalue weighted by Gasteiger charge is -2.02. The molecule has 5 nitrogen and oxygen atoms in total. The van der Waals surface area contributed by atoms with E-state index in [2.05, 4.69) is 10.5 Å². The third kappa shape index (κ3) is 4.15. The first kappa shape index (κ1) is 16.1. The van der Waals surface area contributed by atoms with Gasteiger partial charge in [0, 0.05) is 0 Å². The molecule has 7 heteroatoms. The predicted molar refractivity (Wildman–Crippen MR) is 95.1 cm³/mol. The number of thiophene rings is 2. The smallest absolute Gasteiger partial charge is 0.353 e. The summed E-state index contributed by atoms with van der Waals surface area (Å²) in [5, 5.41) is 7.55. The van der Waals surface area contributed by atoms with Crippen molar-refractivity contribution >= 4 is 40.8 Å². The van der Waals surface area contributed by atoms with Crippen LogP contribution in [0.1, 0.15) is 24.9 Å². The molecule has 0 saturated heterocycles. The van der Waals surface area contributed by atoms with E-state index >= 15 is 0 Å². The fraction of sp³-hybridized carbons (Fsp3) is 0. The zero-order valence-electron chi connectivity index (χ0n) is 12.3. The summed E-state index contributed by atoms with van der Waals surface area (Å²) >= 11 is 2.68. The molecule has 0 radical (unpaired) electrons. The number of hydrazone groups is 1. The Morgan fingerprint density at radius 2 is 1.62 bits per heavy atom. The summed E-state index contributed by atoms with van der Waals surface area (Å²) in [5.41, 5.74) is 3.23. The Bertz CT molecular complexity index is 839. The van der Waals surface area contributed by atoms with Crippen molar-refractivity contribution in [3.05, 3.63) is 74.6 Å². The van der Waals surface area contributed by atoms with Crippen molar-refractivity contribution in [2.24, 2.45) is 5.10 Å². The Morgan fingerprint density at radius 3 is 2.25 bits per heavy atom. The number of benzene rings is 1. The standard InChI is InChI=1S/C17H12N2O3S2/c20-16(14-3-1-9-23-14)19-18-11-12-5-7-13(8-6-12)22-17(21)15-4-2-10-24-15/h1-11H,(H,19,20)/b18-11-. The van der Waals surface area contributed by atoms with E-state index in [0.717, 1.165) is 5.56 Å². The van der Waals surface area contributed by atoms with Crippen molar-refractivity contribution in [1.29, 1.82) is 0 Å². The molecule has 3 aromatic rings. The van der Waals surface area contributed by atoms with E-state index in [4.69, 9.17) is 4.74 Å². The first-order valence-electron chi connectivity index (χ1n) is 6.95. The van der Waals surface area contributed by atoms with E-state index < -0.39 is 0 Å². The zero-order valence-corrected chi connectivity index (χ0v) is 14.0. The van der Waals surface area contributed by atoms with Gasteiger partial charge in [0.2, 0.25) is 0 Å². The highest BCUT2D eigenvalue weighted by molar-refractivity contribution is 7.12. The molecule has 24 heavy (non-hydrogen) atoms. The molecular weight excluding hydrogens is 344 g/mol. The third-order valence-corrected chi connectivity index (χ3v) is 4.66. The number of amides is 1. The lowest BCUT2D eigenvalue weighted by Crippen LogP contribution is -2.16. The molecule has 2 heterocycles. The van der Waals surface area contributed by atoms with E-state index in [1.807, 2.05) is 10.8 Å². The molecule has 0 aliphatic carbocycles. The highest BCUT2D eigenvalue weighted by Gasteiger charge is 2.09. The van der Waals surface area contributed by atoms with Gasteiger partial charge in [-0.05, 0) is 52.7 Å². The van der Waals surface area contributed by atoms with Gasteiger partial charge in [0.1, 0.15) is 10.6 Å². The molecule has 2 aromatic heterocycles. The molecule has 0 bridgehead atoms. The fourth-order valence-corrected chi connectivity index (χ4v) is 3.01. The summed E-state index contributed by atoms with van der Waals surface area (Å²) in [4.78, 5) is 24.7. The second kappa shape index (κ2) is 7.67. The topological polar surface area (TPSA) is 67.8 Å². The number of carbonyl (C=O) groups is 2. The molecule has 0 atom stereocenters. The van der Waals surface area contributed by atoms with Crippen molar-refractivity contribution in [3.63, 3.8) is 0 Å². The van der Waals surface area contributed by atoms with E-state index in [-0.39, 0.29) is 11.9 Å². The number of carbonyl (C=O) groups excluding carboxylic acids is 2. The molecule has 0 aliphatic rings. The van der Waals surface area contributed by atoms with Crippen LogP contribution in [0.2, 0.25) is 0 Å². The van der Waals surface area contributed by atoms with E-state index in [1.54, 1.807) is 48.5 Å². The molecule has 0 unspecified atom stereocenters. The van der Waals surface area contributed by atoms with Gasteiger partial charge in [0.05, 0.1) is 11.1 Å². The zero-order chi connectivity index (χ0) is 16.8. The first-order chi connectivity index (χ1) is 11.7. The van der Waals surface area contributed by atoms with Crippen LogP contribution in [0.15, 0.2) is 64.4 Å². The summed E-state index contributed by atoms with van der Waals surface area (Å²) in [6.45, 7) is 0. The van der Waals surface area contributed by atoms with Gasteiger partial charge >= 0.3 is 5.97 Å². The maximum Gasteiger partial charge on any atom is 0.353 e. The van der Waals surface area contributed by atoms with Gasteiger partial charge < -0.3 is 4.74 Å². The monoisotopic (exact) mass is 356 g/mol. The Hall–Kier alpha value is -2.77. The van der Waals surface area contributed by atoms with Gasteiger partial charge in [-0.25, -0.2) is 10.2 Å². The molecule has 0 aliphatic heterocycles. The minimum atomic E-state index is -0.380. The summed E-state index contributed by atoms with van der Waals surface area (Å²) in [5.74, 6) is -0.175. The molecule has 120 valence electrons. The van der Waals surface area contributed by atoms with Crippen LogP contribution >= 0.6 is 22.7 Å².